The smallest absolute Gasteiger partial charge is 0.269 e. The van der Waals surface area contributed by atoms with Crippen molar-refractivity contribution in [1.29, 1.82) is 0 Å². The second-order valence-corrected chi connectivity index (χ2v) is 7.95. The molecule has 0 spiro atoms. The summed E-state index contributed by atoms with van der Waals surface area (Å²) < 4.78 is 6.92. The number of halogens is 1. The Hall–Kier alpha value is -3.02. The summed E-state index contributed by atoms with van der Waals surface area (Å²) in [4.78, 5) is 36.4. The first kappa shape index (κ1) is 21.7. The van der Waals surface area contributed by atoms with Crippen LogP contribution in [0.2, 0.25) is 0 Å². The normalized spacial score (nSPS) is 15.4. The third kappa shape index (κ3) is 4.58. The van der Waals surface area contributed by atoms with Gasteiger partial charge in [-0.25, -0.2) is 0 Å². The van der Waals surface area contributed by atoms with Crippen molar-refractivity contribution < 1.29 is 19.2 Å². The number of nitro benzene ring substituents is 1. The van der Waals surface area contributed by atoms with Gasteiger partial charge in [0, 0.05) is 40.8 Å². The van der Waals surface area contributed by atoms with Crippen LogP contribution in [0.25, 0.3) is 0 Å². The summed E-state index contributed by atoms with van der Waals surface area (Å²) >= 11 is 2.20. The lowest BCUT2D eigenvalue weighted by molar-refractivity contribution is -0.384. The number of rotatable bonds is 5. The van der Waals surface area contributed by atoms with Crippen molar-refractivity contribution in [3.8, 4) is 0 Å². The molecule has 2 aromatic rings. The van der Waals surface area contributed by atoms with E-state index in [9.17, 15) is 19.7 Å². The highest BCUT2D eigenvalue weighted by Crippen LogP contribution is 2.26. The SMILES string of the molecule is CC(=O)N(C[C@H]1OC(c2ccc([N+](=O)[O-])cc2)=NN1C(C)=O)c1ccc(I)cc1C. The number of anilines is 1. The van der Waals surface area contributed by atoms with Crippen LogP contribution >= 0.6 is 22.6 Å². The molecule has 0 saturated heterocycles. The van der Waals surface area contributed by atoms with Gasteiger partial charge in [-0.3, -0.25) is 19.7 Å². The lowest BCUT2D eigenvalue weighted by Crippen LogP contribution is -2.44. The lowest BCUT2D eigenvalue weighted by Gasteiger charge is -2.28. The van der Waals surface area contributed by atoms with E-state index in [0.717, 1.165) is 14.8 Å². The number of hydrazone groups is 1. The maximum absolute atomic E-state index is 12.4. The van der Waals surface area contributed by atoms with Crippen LogP contribution in [0.15, 0.2) is 47.6 Å². The Morgan fingerprint density at radius 2 is 1.90 bits per heavy atom. The van der Waals surface area contributed by atoms with E-state index in [1.54, 1.807) is 4.90 Å². The van der Waals surface area contributed by atoms with Crippen LogP contribution < -0.4 is 4.90 Å². The van der Waals surface area contributed by atoms with Gasteiger partial charge in [0.15, 0.2) is 0 Å². The highest BCUT2D eigenvalue weighted by molar-refractivity contribution is 14.1. The van der Waals surface area contributed by atoms with E-state index >= 15 is 0 Å². The largest absolute Gasteiger partial charge is 0.448 e. The summed E-state index contributed by atoms with van der Waals surface area (Å²) in [6.07, 6.45) is -0.824. The molecule has 9 nitrogen and oxygen atoms in total. The number of aryl methyl sites for hydroxylation is 1. The number of hydrogen-bond donors (Lipinski definition) is 0. The summed E-state index contributed by atoms with van der Waals surface area (Å²) in [5, 5.41) is 16.2. The number of hydrogen-bond acceptors (Lipinski definition) is 6. The van der Waals surface area contributed by atoms with E-state index in [1.165, 1.54) is 43.1 Å². The number of ether oxygens (including phenoxy) is 1. The third-order valence-corrected chi connectivity index (χ3v) is 5.21. The predicted octanol–water partition coefficient (Wildman–Crippen LogP) is 3.43. The van der Waals surface area contributed by atoms with E-state index < -0.39 is 11.2 Å². The average Bonchev–Trinajstić information content (AvgIpc) is 3.11. The van der Waals surface area contributed by atoms with Crippen LogP contribution in [0.4, 0.5) is 11.4 Å². The second kappa shape index (κ2) is 8.78. The Balaban J connectivity index is 1.86. The fraction of sp³-hybridized carbons (Fsp3) is 0.250. The van der Waals surface area contributed by atoms with E-state index in [1.807, 2.05) is 25.1 Å². The monoisotopic (exact) mass is 522 g/mol. The number of amides is 2. The molecule has 2 aromatic carbocycles. The van der Waals surface area contributed by atoms with Gasteiger partial charge in [0.25, 0.3) is 5.69 Å². The van der Waals surface area contributed by atoms with Crippen LogP contribution in [0.3, 0.4) is 0 Å². The Bertz CT molecular complexity index is 1040. The van der Waals surface area contributed by atoms with Crippen molar-refractivity contribution in [1.82, 2.24) is 5.01 Å². The number of carbonyl (C=O) groups is 2. The number of nitrogens with zero attached hydrogens (tertiary/aromatic N) is 4. The molecule has 1 aliphatic rings. The summed E-state index contributed by atoms with van der Waals surface area (Å²) in [6.45, 7) is 4.79. The molecule has 156 valence electrons. The zero-order valence-corrected chi connectivity index (χ0v) is 18.7. The maximum Gasteiger partial charge on any atom is 0.269 e. The molecular weight excluding hydrogens is 503 g/mol. The molecule has 0 saturated carbocycles. The molecule has 0 aliphatic carbocycles. The van der Waals surface area contributed by atoms with Crippen molar-refractivity contribution in [2.45, 2.75) is 27.0 Å². The van der Waals surface area contributed by atoms with E-state index in [2.05, 4.69) is 27.7 Å². The fourth-order valence-electron chi connectivity index (χ4n) is 3.08. The van der Waals surface area contributed by atoms with Crippen molar-refractivity contribution >= 4 is 51.7 Å². The fourth-order valence-corrected chi connectivity index (χ4v) is 3.73. The van der Waals surface area contributed by atoms with Gasteiger partial charge in [0.2, 0.25) is 23.9 Å². The van der Waals surface area contributed by atoms with E-state index in [-0.39, 0.29) is 29.9 Å². The van der Waals surface area contributed by atoms with Gasteiger partial charge in [-0.15, -0.1) is 5.10 Å². The molecule has 2 amide bonds. The zero-order valence-electron chi connectivity index (χ0n) is 16.5. The number of carbonyl (C=O) groups excluding carboxylic acids is 2. The van der Waals surface area contributed by atoms with Crippen molar-refractivity contribution in [3.05, 3.63) is 67.3 Å². The summed E-state index contributed by atoms with van der Waals surface area (Å²) in [5.41, 5.74) is 2.07. The van der Waals surface area contributed by atoms with Crippen LogP contribution in [0.5, 0.6) is 0 Å². The molecule has 3 rings (SSSR count). The average molecular weight is 522 g/mol. The Kier molecular flexibility index (Phi) is 6.34. The highest BCUT2D eigenvalue weighted by atomic mass is 127. The van der Waals surface area contributed by atoms with Gasteiger partial charge in [-0.2, -0.15) is 5.01 Å². The summed E-state index contributed by atoms with van der Waals surface area (Å²) in [7, 11) is 0. The molecule has 0 unspecified atom stereocenters. The Labute approximate surface area is 186 Å². The lowest BCUT2D eigenvalue weighted by atomic mass is 10.1. The summed E-state index contributed by atoms with van der Waals surface area (Å²) in [5.74, 6) is -0.386. The first-order valence-corrected chi connectivity index (χ1v) is 10.1. The predicted molar refractivity (Wildman–Crippen MR) is 119 cm³/mol. The Morgan fingerprint density at radius 3 is 2.43 bits per heavy atom. The molecule has 10 heteroatoms. The maximum atomic E-state index is 12.4. The molecule has 0 aromatic heterocycles. The van der Waals surface area contributed by atoms with Crippen molar-refractivity contribution in [3.63, 3.8) is 0 Å². The first-order valence-electron chi connectivity index (χ1n) is 9.01. The second-order valence-electron chi connectivity index (χ2n) is 6.71. The molecule has 0 fully saturated rings. The molecule has 1 aliphatic heterocycles. The molecule has 0 N–H and O–H groups in total. The van der Waals surface area contributed by atoms with Crippen LogP contribution in [-0.4, -0.2) is 40.4 Å². The Morgan fingerprint density at radius 1 is 1.23 bits per heavy atom. The third-order valence-electron chi connectivity index (χ3n) is 4.54. The van der Waals surface area contributed by atoms with Gasteiger partial charge >= 0.3 is 0 Å². The van der Waals surface area contributed by atoms with Gasteiger partial charge in [-0.1, -0.05) is 0 Å². The van der Waals surface area contributed by atoms with Crippen molar-refractivity contribution in [2.75, 3.05) is 11.4 Å². The minimum atomic E-state index is -0.824. The molecule has 0 radical (unpaired) electrons. The number of nitro groups is 1. The van der Waals surface area contributed by atoms with Gasteiger partial charge in [0.1, 0.15) is 0 Å². The molecular formula is C20H19IN4O5. The van der Waals surface area contributed by atoms with Gasteiger partial charge < -0.3 is 9.64 Å². The van der Waals surface area contributed by atoms with E-state index in [0.29, 0.717) is 5.56 Å². The molecule has 0 bridgehead atoms. The molecule has 1 atom stereocenters. The minimum absolute atomic E-state index is 0.0609. The first-order chi connectivity index (χ1) is 14.2. The van der Waals surface area contributed by atoms with E-state index in [4.69, 9.17) is 4.74 Å². The molecule has 1 heterocycles. The van der Waals surface area contributed by atoms with Gasteiger partial charge in [0.05, 0.1) is 11.5 Å². The zero-order chi connectivity index (χ0) is 22.0. The van der Waals surface area contributed by atoms with Gasteiger partial charge in [-0.05, 0) is 65.4 Å². The highest BCUT2D eigenvalue weighted by Gasteiger charge is 2.34. The van der Waals surface area contributed by atoms with Crippen LogP contribution in [0.1, 0.15) is 25.0 Å². The molecule has 30 heavy (non-hydrogen) atoms. The van der Waals surface area contributed by atoms with Crippen LogP contribution in [-0.2, 0) is 14.3 Å². The van der Waals surface area contributed by atoms with Crippen LogP contribution in [0, 0.1) is 20.6 Å². The minimum Gasteiger partial charge on any atom is -0.448 e. The standard InChI is InChI=1S/C20H19IN4O5/c1-12-10-16(21)6-9-18(12)23(13(2)26)11-19-24(14(3)27)22-20(30-19)15-4-7-17(8-5-15)25(28)29/h4-10,19H,11H2,1-3H3/t19-/m1/s1. The topological polar surface area (TPSA) is 105 Å². The number of benzene rings is 2. The quantitative estimate of drug-likeness (QED) is 0.340. The number of non-ortho nitro benzene ring substituents is 1. The van der Waals surface area contributed by atoms with Crippen molar-refractivity contribution in [2.24, 2.45) is 5.10 Å². The summed E-state index contributed by atoms with van der Waals surface area (Å²) in [6, 6.07) is 11.4.